The Morgan fingerprint density at radius 1 is 1.12 bits per heavy atom. The number of aromatic nitrogens is 1. The molecule has 1 heterocycles. The van der Waals surface area contributed by atoms with Crippen LogP contribution in [0.1, 0.15) is 40.3 Å². The van der Waals surface area contributed by atoms with Crippen molar-refractivity contribution >= 4 is 17.2 Å². The smallest absolute Gasteiger partial charge is 0.161 e. The minimum absolute atomic E-state index is 0.0591. The Labute approximate surface area is 146 Å². The molecule has 0 amide bonds. The molecule has 0 spiro atoms. The maximum absolute atomic E-state index is 9.44. The van der Waals surface area contributed by atoms with Gasteiger partial charge in [-0.05, 0) is 58.0 Å². The summed E-state index contributed by atoms with van der Waals surface area (Å²) in [5.74, 6) is -0.346. The van der Waals surface area contributed by atoms with Crippen molar-refractivity contribution < 1.29 is 15.3 Å². The second-order valence-corrected chi connectivity index (χ2v) is 6.37. The molecule has 2 aromatic rings. The molecule has 1 unspecified atom stereocenters. The first-order valence-electron chi connectivity index (χ1n) is 8.31. The summed E-state index contributed by atoms with van der Waals surface area (Å²) in [5, 5.41) is 28.1. The highest BCUT2D eigenvalue weighted by Crippen LogP contribution is 2.37. The first-order valence-corrected chi connectivity index (χ1v) is 8.31. The standard InChI is InChI=1S/C21H19NO3/c23-12-18-11-16(7-8-22-18)14-2-1-13(9-14)15-3-5-19-17(10-15)4-6-20(19)21(24)25/h1,3-11,20-21,23-25H,2,12H2. The van der Waals surface area contributed by atoms with E-state index in [1.54, 1.807) is 6.20 Å². The summed E-state index contributed by atoms with van der Waals surface area (Å²) < 4.78 is 0. The zero-order valence-electron chi connectivity index (χ0n) is 13.6. The lowest BCUT2D eigenvalue weighted by Gasteiger charge is -2.13. The van der Waals surface area contributed by atoms with E-state index >= 15 is 0 Å². The van der Waals surface area contributed by atoms with Crippen LogP contribution in [-0.4, -0.2) is 26.6 Å². The lowest BCUT2D eigenvalue weighted by Crippen LogP contribution is -2.14. The number of aliphatic hydroxyl groups is 3. The minimum Gasteiger partial charge on any atom is -0.390 e. The Hall–Kier alpha value is -2.53. The largest absolute Gasteiger partial charge is 0.390 e. The van der Waals surface area contributed by atoms with Crippen LogP contribution in [0.25, 0.3) is 17.2 Å². The number of benzene rings is 1. The first-order chi connectivity index (χ1) is 12.2. The van der Waals surface area contributed by atoms with E-state index in [-0.39, 0.29) is 12.5 Å². The van der Waals surface area contributed by atoms with Gasteiger partial charge in [0, 0.05) is 6.20 Å². The Morgan fingerprint density at radius 2 is 2.00 bits per heavy atom. The van der Waals surface area contributed by atoms with E-state index in [9.17, 15) is 15.3 Å². The zero-order chi connectivity index (χ0) is 17.4. The van der Waals surface area contributed by atoms with Gasteiger partial charge in [-0.3, -0.25) is 4.98 Å². The zero-order valence-corrected chi connectivity index (χ0v) is 13.6. The van der Waals surface area contributed by atoms with Crippen molar-refractivity contribution in [1.82, 2.24) is 4.98 Å². The molecule has 1 aromatic heterocycles. The highest BCUT2D eigenvalue weighted by Gasteiger charge is 2.23. The number of allylic oxidation sites excluding steroid dienone is 4. The number of hydrogen-bond acceptors (Lipinski definition) is 4. The third-order valence-electron chi connectivity index (χ3n) is 4.80. The van der Waals surface area contributed by atoms with Crippen LogP contribution in [0.4, 0.5) is 0 Å². The monoisotopic (exact) mass is 333 g/mol. The maximum Gasteiger partial charge on any atom is 0.161 e. The van der Waals surface area contributed by atoms with Crippen LogP contribution in [0.3, 0.4) is 0 Å². The van der Waals surface area contributed by atoms with Crippen LogP contribution in [0, 0.1) is 0 Å². The predicted molar refractivity (Wildman–Crippen MR) is 97.2 cm³/mol. The molecule has 2 aliphatic carbocycles. The summed E-state index contributed by atoms with van der Waals surface area (Å²) in [6.07, 6.45) is 9.32. The molecular formula is C21H19NO3. The molecule has 4 heteroatoms. The number of fused-ring (bicyclic) bond motifs is 1. The molecule has 126 valence electrons. The van der Waals surface area contributed by atoms with E-state index in [1.165, 1.54) is 5.57 Å². The van der Waals surface area contributed by atoms with Crippen molar-refractivity contribution in [3.05, 3.63) is 82.7 Å². The van der Waals surface area contributed by atoms with Crippen molar-refractivity contribution in [3.63, 3.8) is 0 Å². The van der Waals surface area contributed by atoms with Gasteiger partial charge in [0.1, 0.15) is 0 Å². The van der Waals surface area contributed by atoms with Gasteiger partial charge in [0.25, 0.3) is 0 Å². The average molecular weight is 333 g/mol. The fraction of sp³-hybridized carbons (Fsp3) is 0.190. The second kappa shape index (κ2) is 6.41. The SMILES string of the molecule is OCc1cc(C2=CC(c3ccc4c(c3)C=CC4C(O)O)=CC2)ccn1. The molecule has 0 radical (unpaired) electrons. The molecule has 0 fully saturated rings. The Balaban J connectivity index is 1.61. The fourth-order valence-electron chi connectivity index (χ4n) is 3.47. The van der Waals surface area contributed by atoms with Crippen LogP contribution >= 0.6 is 0 Å². The molecule has 25 heavy (non-hydrogen) atoms. The van der Waals surface area contributed by atoms with Gasteiger partial charge in [-0.1, -0.05) is 36.4 Å². The fourth-order valence-corrected chi connectivity index (χ4v) is 3.47. The van der Waals surface area contributed by atoms with Gasteiger partial charge in [-0.2, -0.15) is 0 Å². The number of rotatable bonds is 4. The van der Waals surface area contributed by atoms with Gasteiger partial charge < -0.3 is 15.3 Å². The van der Waals surface area contributed by atoms with Gasteiger partial charge in [0.2, 0.25) is 0 Å². The van der Waals surface area contributed by atoms with Gasteiger partial charge >= 0.3 is 0 Å². The third kappa shape index (κ3) is 2.96. The summed E-state index contributed by atoms with van der Waals surface area (Å²) in [6, 6.07) is 9.96. The average Bonchev–Trinajstić information content (AvgIpc) is 3.28. The highest BCUT2D eigenvalue weighted by molar-refractivity contribution is 5.90. The normalized spacial score (nSPS) is 18.5. The minimum atomic E-state index is -1.37. The lowest BCUT2D eigenvalue weighted by molar-refractivity contribution is -0.0490. The van der Waals surface area contributed by atoms with E-state index in [1.807, 2.05) is 36.4 Å². The summed E-state index contributed by atoms with van der Waals surface area (Å²) in [4.78, 5) is 4.12. The molecule has 4 rings (SSSR count). The van der Waals surface area contributed by atoms with Gasteiger partial charge in [-0.25, -0.2) is 0 Å². The van der Waals surface area contributed by atoms with Crippen molar-refractivity contribution in [2.24, 2.45) is 0 Å². The third-order valence-corrected chi connectivity index (χ3v) is 4.80. The van der Waals surface area contributed by atoms with E-state index in [0.717, 1.165) is 34.2 Å². The molecule has 1 atom stereocenters. The Kier molecular flexibility index (Phi) is 4.09. The number of hydrogen-bond donors (Lipinski definition) is 3. The molecule has 0 saturated heterocycles. The van der Waals surface area contributed by atoms with Crippen LogP contribution in [0.2, 0.25) is 0 Å². The lowest BCUT2D eigenvalue weighted by atomic mass is 9.96. The van der Waals surface area contributed by atoms with Gasteiger partial charge in [0.05, 0.1) is 18.2 Å². The quantitative estimate of drug-likeness (QED) is 0.752. The molecule has 0 saturated carbocycles. The maximum atomic E-state index is 9.44. The molecule has 3 N–H and O–H groups in total. The molecule has 4 nitrogen and oxygen atoms in total. The molecule has 1 aromatic carbocycles. The summed E-state index contributed by atoms with van der Waals surface area (Å²) in [5.41, 5.74) is 7.20. The van der Waals surface area contributed by atoms with Gasteiger partial charge in [0.15, 0.2) is 6.29 Å². The topological polar surface area (TPSA) is 73.6 Å². The summed E-state index contributed by atoms with van der Waals surface area (Å²) >= 11 is 0. The van der Waals surface area contributed by atoms with E-state index in [4.69, 9.17) is 0 Å². The number of nitrogens with zero attached hydrogens (tertiary/aromatic N) is 1. The summed E-state index contributed by atoms with van der Waals surface area (Å²) in [6.45, 7) is -0.0591. The van der Waals surface area contributed by atoms with E-state index in [2.05, 4.69) is 23.2 Å². The van der Waals surface area contributed by atoms with Gasteiger partial charge in [-0.15, -0.1) is 0 Å². The molecule has 0 aliphatic heterocycles. The van der Waals surface area contributed by atoms with Crippen LogP contribution in [-0.2, 0) is 6.61 Å². The molecule has 0 bridgehead atoms. The van der Waals surface area contributed by atoms with Crippen molar-refractivity contribution in [2.75, 3.05) is 0 Å². The summed E-state index contributed by atoms with van der Waals surface area (Å²) in [7, 11) is 0. The van der Waals surface area contributed by atoms with Crippen molar-refractivity contribution in [1.29, 1.82) is 0 Å². The predicted octanol–water partition coefficient (Wildman–Crippen LogP) is 2.87. The van der Waals surface area contributed by atoms with Crippen molar-refractivity contribution in [3.8, 4) is 0 Å². The molecule has 2 aliphatic rings. The Bertz CT molecular complexity index is 909. The Morgan fingerprint density at radius 3 is 2.80 bits per heavy atom. The van der Waals surface area contributed by atoms with E-state index in [0.29, 0.717) is 5.69 Å². The van der Waals surface area contributed by atoms with Crippen LogP contribution in [0.15, 0.2) is 54.8 Å². The second-order valence-electron chi connectivity index (χ2n) is 6.37. The van der Waals surface area contributed by atoms with E-state index < -0.39 is 6.29 Å². The molecular weight excluding hydrogens is 314 g/mol. The number of pyridine rings is 1. The van der Waals surface area contributed by atoms with Crippen LogP contribution < -0.4 is 0 Å². The van der Waals surface area contributed by atoms with Crippen molar-refractivity contribution in [2.45, 2.75) is 25.2 Å². The van der Waals surface area contributed by atoms with Crippen LogP contribution in [0.5, 0.6) is 0 Å². The first kappa shape index (κ1) is 16.0. The highest BCUT2D eigenvalue weighted by atomic mass is 16.5. The number of aliphatic hydroxyl groups excluding tert-OH is 2.